The first-order valence-corrected chi connectivity index (χ1v) is 10.3. The Morgan fingerprint density at radius 1 is 1.16 bits per heavy atom. The molecule has 2 aliphatic rings. The lowest BCUT2D eigenvalue weighted by Crippen LogP contribution is -2.49. The van der Waals surface area contributed by atoms with Gasteiger partial charge in [0.05, 0.1) is 5.56 Å². The lowest BCUT2D eigenvalue weighted by molar-refractivity contribution is -0.389. The molecule has 12 heteroatoms. The van der Waals surface area contributed by atoms with Crippen molar-refractivity contribution in [2.75, 3.05) is 32.8 Å². The van der Waals surface area contributed by atoms with Crippen LogP contribution in [0.4, 0.5) is 19.0 Å². The average Bonchev–Trinajstić information content (AvgIpc) is 3.15. The number of hydrogen-bond donors (Lipinski definition) is 0. The Balaban J connectivity index is 1.35. The van der Waals surface area contributed by atoms with Gasteiger partial charge < -0.3 is 19.8 Å². The smallest absolute Gasteiger partial charge is 0.416 e. The molecule has 0 spiro atoms. The largest absolute Gasteiger partial charge is 0.444 e. The van der Waals surface area contributed by atoms with Crippen LogP contribution in [0.1, 0.15) is 28.8 Å². The standard InChI is InChI=1S/C20H22F3N5O4/c21-20(22,23)15-3-1-2-14(12-15)18(29)26-6-4-16(5-7-26)25-8-9-27-13-17(28(30)31)24-19(27)32-11-10-25/h1-3,12-13,16H,4-11H2. The fraction of sp³-hybridized carbons (Fsp3) is 0.500. The molecule has 4 rings (SSSR count). The number of nitro groups is 1. The van der Waals surface area contributed by atoms with E-state index in [2.05, 4.69) is 9.88 Å². The molecule has 0 unspecified atom stereocenters. The van der Waals surface area contributed by atoms with Crippen LogP contribution in [0.3, 0.4) is 0 Å². The lowest BCUT2D eigenvalue weighted by Gasteiger charge is -2.39. The predicted octanol–water partition coefficient (Wildman–Crippen LogP) is 2.81. The molecule has 32 heavy (non-hydrogen) atoms. The highest BCUT2D eigenvalue weighted by atomic mass is 19.4. The Kier molecular flexibility index (Phi) is 6.04. The highest BCUT2D eigenvalue weighted by Crippen LogP contribution is 2.30. The topological polar surface area (TPSA) is 93.7 Å². The normalized spacial score (nSPS) is 18.4. The Bertz CT molecular complexity index is 1000. The number of likely N-dealkylation sites (tertiary alicyclic amines) is 1. The van der Waals surface area contributed by atoms with Crippen molar-refractivity contribution in [3.05, 3.63) is 51.7 Å². The van der Waals surface area contributed by atoms with Crippen LogP contribution in [-0.2, 0) is 12.7 Å². The molecule has 0 radical (unpaired) electrons. The predicted molar refractivity (Wildman–Crippen MR) is 106 cm³/mol. The van der Waals surface area contributed by atoms with Gasteiger partial charge in [-0.25, -0.2) is 0 Å². The Hall–Kier alpha value is -3.15. The molecular weight excluding hydrogens is 431 g/mol. The fourth-order valence-corrected chi connectivity index (χ4v) is 4.16. The minimum Gasteiger partial charge on any atom is -0.444 e. The zero-order valence-electron chi connectivity index (χ0n) is 17.1. The number of alkyl halides is 3. The van der Waals surface area contributed by atoms with Gasteiger partial charge in [-0.05, 0) is 36.0 Å². The number of imidazole rings is 1. The molecule has 2 aliphatic heterocycles. The molecule has 1 amide bonds. The van der Waals surface area contributed by atoms with Gasteiger partial charge in [0.2, 0.25) is 0 Å². The molecule has 1 aromatic heterocycles. The van der Waals surface area contributed by atoms with E-state index >= 15 is 0 Å². The number of hydrogen-bond acceptors (Lipinski definition) is 6. The number of aromatic nitrogens is 2. The van der Waals surface area contributed by atoms with Crippen LogP contribution in [0, 0.1) is 10.1 Å². The maximum Gasteiger partial charge on any atom is 0.416 e. The summed E-state index contributed by atoms with van der Waals surface area (Å²) in [6.07, 6.45) is -1.77. The van der Waals surface area contributed by atoms with E-state index in [1.54, 1.807) is 9.47 Å². The molecule has 9 nitrogen and oxygen atoms in total. The summed E-state index contributed by atoms with van der Waals surface area (Å²) in [7, 11) is 0. The summed E-state index contributed by atoms with van der Waals surface area (Å²) in [6.45, 7) is 2.97. The van der Waals surface area contributed by atoms with E-state index in [9.17, 15) is 28.1 Å². The highest BCUT2D eigenvalue weighted by Gasteiger charge is 2.33. The monoisotopic (exact) mass is 453 g/mol. The van der Waals surface area contributed by atoms with Gasteiger partial charge in [0.25, 0.3) is 5.91 Å². The van der Waals surface area contributed by atoms with E-state index < -0.39 is 22.6 Å². The van der Waals surface area contributed by atoms with Crippen molar-refractivity contribution in [3.63, 3.8) is 0 Å². The summed E-state index contributed by atoms with van der Waals surface area (Å²) in [5.74, 6) is -0.657. The van der Waals surface area contributed by atoms with Crippen LogP contribution in [0.15, 0.2) is 30.5 Å². The summed E-state index contributed by atoms with van der Waals surface area (Å²) in [5, 5.41) is 10.9. The summed E-state index contributed by atoms with van der Waals surface area (Å²) in [6, 6.07) is 4.92. The number of halogens is 3. The SMILES string of the molecule is O=C(c1cccc(C(F)(F)F)c1)N1CCC(N2CCOc3nc([N+](=O)[O-])cn3CC2)CC1. The quantitative estimate of drug-likeness (QED) is 0.524. The Morgan fingerprint density at radius 3 is 2.59 bits per heavy atom. The van der Waals surface area contributed by atoms with E-state index in [0.29, 0.717) is 52.2 Å². The number of amides is 1. The third-order valence-corrected chi connectivity index (χ3v) is 5.86. The lowest BCUT2D eigenvalue weighted by atomic mass is 10.0. The number of benzene rings is 1. The van der Waals surface area contributed by atoms with Crippen LogP contribution in [-0.4, -0.2) is 69.0 Å². The number of piperidine rings is 1. The van der Waals surface area contributed by atoms with Gasteiger partial charge in [0, 0.05) is 49.3 Å². The van der Waals surface area contributed by atoms with Crippen LogP contribution >= 0.6 is 0 Å². The van der Waals surface area contributed by atoms with Crippen molar-refractivity contribution in [3.8, 4) is 6.01 Å². The van der Waals surface area contributed by atoms with Gasteiger partial charge in [-0.2, -0.15) is 13.2 Å². The van der Waals surface area contributed by atoms with Crippen molar-refractivity contribution in [1.29, 1.82) is 0 Å². The van der Waals surface area contributed by atoms with Crippen molar-refractivity contribution in [2.45, 2.75) is 31.6 Å². The number of nitrogens with zero attached hydrogens (tertiary/aromatic N) is 5. The second kappa shape index (κ2) is 8.77. The van der Waals surface area contributed by atoms with E-state index in [0.717, 1.165) is 12.1 Å². The molecule has 1 fully saturated rings. The van der Waals surface area contributed by atoms with Gasteiger partial charge >= 0.3 is 18.0 Å². The molecular formula is C20H22F3N5O4. The Morgan fingerprint density at radius 2 is 1.91 bits per heavy atom. The highest BCUT2D eigenvalue weighted by molar-refractivity contribution is 5.94. The molecule has 3 heterocycles. The summed E-state index contributed by atoms with van der Waals surface area (Å²) < 4.78 is 46.0. The van der Waals surface area contributed by atoms with Gasteiger partial charge in [0.1, 0.15) is 12.8 Å². The maximum absolute atomic E-state index is 12.9. The van der Waals surface area contributed by atoms with E-state index in [1.165, 1.54) is 18.3 Å². The second-order valence-electron chi connectivity index (χ2n) is 7.82. The van der Waals surface area contributed by atoms with E-state index in [1.807, 2.05) is 0 Å². The zero-order chi connectivity index (χ0) is 22.9. The maximum atomic E-state index is 12.9. The van der Waals surface area contributed by atoms with E-state index in [4.69, 9.17) is 4.74 Å². The van der Waals surface area contributed by atoms with Crippen LogP contribution < -0.4 is 4.74 Å². The first-order valence-electron chi connectivity index (χ1n) is 10.3. The minimum atomic E-state index is -4.49. The third-order valence-electron chi connectivity index (χ3n) is 5.86. The number of carbonyl (C=O) groups is 1. The molecule has 2 aromatic rings. The molecule has 0 saturated carbocycles. The average molecular weight is 453 g/mol. The minimum absolute atomic E-state index is 0.0344. The molecule has 1 aromatic carbocycles. The van der Waals surface area contributed by atoms with Crippen molar-refractivity contribution in [1.82, 2.24) is 19.4 Å². The number of rotatable bonds is 3. The molecule has 0 bridgehead atoms. The number of carbonyl (C=O) groups excluding carboxylic acids is 1. The first-order chi connectivity index (χ1) is 15.2. The molecule has 0 atom stereocenters. The first kappa shape index (κ1) is 22.1. The van der Waals surface area contributed by atoms with Gasteiger partial charge in [-0.1, -0.05) is 6.07 Å². The van der Waals surface area contributed by atoms with Crippen molar-refractivity contribution < 1.29 is 27.6 Å². The van der Waals surface area contributed by atoms with Gasteiger partial charge in [-0.3, -0.25) is 14.3 Å². The zero-order valence-corrected chi connectivity index (χ0v) is 17.1. The molecule has 0 N–H and O–H groups in total. The summed E-state index contributed by atoms with van der Waals surface area (Å²) >= 11 is 0. The summed E-state index contributed by atoms with van der Waals surface area (Å²) in [5.41, 5.74) is -0.801. The molecule has 0 aliphatic carbocycles. The third kappa shape index (κ3) is 4.69. The van der Waals surface area contributed by atoms with Crippen molar-refractivity contribution >= 4 is 11.7 Å². The van der Waals surface area contributed by atoms with Crippen LogP contribution in [0.2, 0.25) is 0 Å². The van der Waals surface area contributed by atoms with Crippen molar-refractivity contribution in [2.24, 2.45) is 0 Å². The number of fused-ring (bicyclic) bond motifs is 1. The Labute approximate surface area is 181 Å². The van der Waals surface area contributed by atoms with Gasteiger partial charge in [-0.15, -0.1) is 0 Å². The molecule has 172 valence electrons. The van der Waals surface area contributed by atoms with Gasteiger partial charge in [0.15, 0.2) is 0 Å². The molecule has 1 saturated heterocycles. The number of ether oxygens (including phenoxy) is 1. The van der Waals surface area contributed by atoms with Crippen LogP contribution in [0.25, 0.3) is 0 Å². The van der Waals surface area contributed by atoms with Crippen LogP contribution in [0.5, 0.6) is 6.01 Å². The second-order valence-corrected chi connectivity index (χ2v) is 7.82. The fourth-order valence-electron chi connectivity index (χ4n) is 4.16. The summed E-state index contributed by atoms with van der Waals surface area (Å²) in [4.78, 5) is 30.8. The van der Waals surface area contributed by atoms with E-state index in [-0.39, 0.29) is 23.4 Å².